The Hall–Kier alpha value is -4.03. The van der Waals surface area contributed by atoms with Crippen molar-refractivity contribution in [3.05, 3.63) is 52.5 Å². The van der Waals surface area contributed by atoms with E-state index in [9.17, 15) is 9.59 Å². The third kappa shape index (κ3) is 3.84. The number of carbonyl (C=O) groups is 2. The molecule has 186 valence electrons. The van der Waals surface area contributed by atoms with E-state index in [0.29, 0.717) is 37.7 Å². The second-order valence-electron chi connectivity index (χ2n) is 8.47. The number of nitrogens with zero attached hydrogens (tertiary/aromatic N) is 3. The molecule has 5 heterocycles. The average Bonchev–Trinajstić information content (AvgIpc) is 3.70. The van der Waals surface area contributed by atoms with Gasteiger partial charge >= 0.3 is 6.09 Å². The van der Waals surface area contributed by atoms with Crippen LogP contribution in [0, 0.1) is 0 Å². The molecule has 0 bridgehead atoms. The number of anilines is 1. The van der Waals surface area contributed by atoms with Crippen LogP contribution >= 0.6 is 11.3 Å². The van der Waals surface area contributed by atoms with Gasteiger partial charge in [-0.2, -0.15) is 16.4 Å². The third-order valence-corrected chi connectivity index (χ3v) is 7.11. The zero-order chi connectivity index (χ0) is 24.6. The second-order valence-corrected chi connectivity index (χ2v) is 9.25. The SMILES string of the molecule is COc1cc2c(cc1-c1cn[nH]c1)C1=C(CO2)C(C(=O)NCCN2CCOC2=O)NN1c1ccsc1. The second kappa shape index (κ2) is 9.21. The highest BCUT2D eigenvalue weighted by atomic mass is 32.1. The molecule has 0 saturated carbocycles. The molecule has 1 fully saturated rings. The standard InChI is InChI=1S/C24H24N6O5S/c1-33-19-9-20-17(8-16(19)14-10-26-27-11-14)22-18(12-35-20)21(28-30(22)15-2-7-36-13-15)23(31)25-3-4-29-5-6-34-24(29)32/h2,7-11,13,21,28H,3-6,12H2,1H3,(H,25,31)(H,26,27). The highest BCUT2D eigenvalue weighted by molar-refractivity contribution is 7.08. The van der Waals surface area contributed by atoms with Gasteiger partial charge in [0.2, 0.25) is 5.91 Å². The van der Waals surface area contributed by atoms with E-state index in [1.54, 1.807) is 35.7 Å². The number of thiophene rings is 1. The summed E-state index contributed by atoms with van der Waals surface area (Å²) >= 11 is 1.57. The van der Waals surface area contributed by atoms with E-state index in [1.807, 2.05) is 34.0 Å². The topological polar surface area (TPSA) is 121 Å². The number of fused-ring (bicyclic) bond motifs is 2. The maximum atomic E-state index is 13.3. The molecule has 3 aliphatic rings. The van der Waals surface area contributed by atoms with Crippen LogP contribution in [0.5, 0.6) is 11.5 Å². The summed E-state index contributed by atoms with van der Waals surface area (Å²) in [5, 5.41) is 15.8. The van der Waals surface area contributed by atoms with Crippen molar-refractivity contribution in [2.24, 2.45) is 0 Å². The number of nitrogens with one attached hydrogen (secondary N) is 3. The Bertz CT molecular complexity index is 1320. The predicted molar refractivity (Wildman–Crippen MR) is 133 cm³/mol. The van der Waals surface area contributed by atoms with Gasteiger partial charge in [-0.15, -0.1) is 0 Å². The van der Waals surface area contributed by atoms with E-state index in [4.69, 9.17) is 14.2 Å². The summed E-state index contributed by atoms with van der Waals surface area (Å²) in [6.45, 7) is 1.88. The Morgan fingerprint density at radius 2 is 2.25 bits per heavy atom. The molecule has 3 N–H and O–H groups in total. The van der Waals surface area contributed by atoms with Crippen LogP contribution in [0.3, 0.4) is 0 Å². The van der Waals surface area contributed by atoms with Gasteiger partial charge < -0.3 is 24.4 Å². The third-order valence-electron chi connectivity index (χ3n) is 6.44. The largest absolute Gasteiger partial charge is 0.496 e. The number of cyclic esters (lactones) is 1. The molecule has 3 aromatic rings. The van der Waals surface area contributed by atoms with E-state index in [-0.39, 0.29) is 18.6 Å². The fraction of sp³-hybridized carbons (Fsp3) is 0.292. The quantitative estimate of drug-likeness (QED) is 0.444. The number of benzene rings is 1. The van der Waals surface area contributed by atoms with Crippen LogP contribution in [0.1, 0.15) is 5.56 Å². The zero-order valence-electron chi connectivity index (χ0n) is 19.4. The lowest BCUT2D eigenvalue weighted by Gasteiger charge is -2.26. The van der Waals surface area contributed by atoms with Gasteiger partial charge in [-0.25, -0.2) is 10.2 Å². The summed E-state index contributed by atoms with van der Waals surface area (Å²) in [6, 6.07) is 5.25. The molecule has 0 radical (unpaired) electrons. The molecule has 0 spiro atoms. The van der Waals surface area contributed by atoms with Crippen LogP contribution in [-0.4, -0.2) is 73.1 Å². The fourth-order valence-electron chi connectivity index (χ4n) is 4.66. The summed E-state index contributed by atoms with van der Waals surface area (Å²) in [5.74, 6) is 1.15. The molecule has 2 aromatic heterocycles. The first kappa shape index (κ1) is 22.4. The Morgan fingerprint density at radius 3 is 2.97 bits per heavy atom. The van der Waals surface area contributed by atoms with Crippen molar-refractivity contribution >= 4 is 34.7 Å². The van der Waals surface area contributed by atoms with Crippen LogP contribution in [0.2, 0.25) is 0 Å². The summed E-state index contributed by atoms with van der Waals surface area (Å²) in [7, 11) is 1.62. The molecular formula is C24H24N6O5S. The van der Waals surface area contributed by atoms with Gasteiger partial charge in [-0.1, -0.05) is 0 Å². The number of H-pyrrole nitrogens is 1. The minimum absolute atomic E-state index is 0.191. The Morgan fingerprint density at radius 1 is 1.33 bits per heavy atom. The summed E-state index contributed by atoms with van der Waals surface area (Å²) in [6.07, 6.45) is 3.19. The van der Waals surface area contributed by atoms with Crippen molar-refractivity contribution in [2.75, 3.05) is 45.0 Å². The van der Waals surface area contributed by atoms with Crippen molar-refractivity contribution < 1.29 is 23.8 Å². The first-order chi connectivity index (χ1) is 17.6. The number of aromatic amines is 1. The van der Waals surface area contributed by atoms with E-state index >= 15 is 0 Å². The van der Waals surface area contributed by atoms with Gasteiger partial charge in [0.1, 0.15) is 30.8 Å². The first-order valence-electron chi connectivity index (χ1n) is 11.5. The van der Waals surface area contributed by atoms with Crippen LogP contribution in [0.25, 0.3) is 16.8 Å². The molecular weight excluding hydrogens is 484 g/mol. The van der Waals surface area contributed by atoms with Crippen LogP contribution in [0.4, 0.5) is 10.5 Å². The maximum Gasteiger partial charge on any atom is 0.409 e. The Balaban J connectivity index is 1.34. The van der Waals surface area contributed by atoms with Crippen molar-refractivity contribution in [3.8, 4) is 22.6 Å². The number of hydrazine groups is 1. The number of rotatable bonds is 7. The minimum atomic E-state index is -0.627. The van der Waals surface area contributed by atoms with Crippen molar-refractivity contribution in [1.82, 2.24) is 25.8 Å². The number of amides is 2. The van der Waals surface area contributed by atoms with E-state index in [0.717, 1.165) is 33.6 Å². The number of ether oxygens (including phenoxy) is 3. The van der Waals surface area contributed by atoms with Gasteiger partial charge in [-0.05, 0) is 17.5 Å². The first-order valence-corrected chi connectivity index (χ1v) is 12.4. The molecule has 11 nitrogen and oxygen atoms in total. The van der Waals surface area contributed by atoms with Crippen LogP contribution in [-0.2, 0) is 9.53 Å². The highest BCUT2D eigenvalue weighted by Crippen LogP contribution is 2.46. The van der Waals surface area contributed by atoms with Gasteiger partial charge in [-0.3, -0.25) is 14.9 Å². The van der Waals surface area contributed by atoms with Gasteiger partial charge in [0.05, 0.1) is 31.2 Å². The van der Waals surface area contributed by atoms with Crippen LogP contribution in [0.15, 0.2) is 46.9 Å². The molecule has 6 rings (SSSR count). The number of carbonyl (C=O) groups excluding carboxylic acids is 2. The highest BCUT2D eigenvalue weighted by Gasteiger charge is 2.41. The molecule has 2 amide bonds. The van der Waals surface area contributed by atoms with Gasteiger partial charge in [0.15, 0.2) is 0 Å². The maximum absolute atomic E-state index is 13.3. The molecule has 36 heavy (non-hydrogen) atoms. The summed E-state index contributed by atoms with van der Waals surface area (Å²) < 4.78 is 16.7. The molecule has 3 aliphatic heterocycles. The monoisotopic (exact) mass is 508 g/mol. The fourth-order valence-corrected chi connectivity index (χ4v) is 5.28. The van der Waals surface area contributed by atoms with E-state index in [1.165, 1.54) is 0 Å². The van der Waals surface area contributed by atoms with Gasteiger partial charge in [0.25, 0.3) is 0 Å². The van der Waals surface area contributed by atoms with Crippen molar-refractivity contribution in [3.63, 3.8) is 0 Å². The lowest BCUT2D eigenvalue weighted by Crippen LogP contribution is -2.48. The molecule has 1 atom stereocenters. The Kier molecular flexibility index (Phi) is 5.74. The average molecular weight is 509 g/mol. The smallest absolute Gasteiger partial charge is 0.409 e. The Labute approximate surface area is 210 Å². The van der Waals surface area contributed by atoms with Crippen molar-refractivity contribution in [1.29, 1.82) is 0 Å². The zero-order valence-corrected chi connectivity index (χ0v) is 20.3. The van der Waals surface area contributed by atoms with Crippen molar-refractivity contribution in [2.45, 2.75) is 6.04 Å². The number of aromatic nitrogens is 2. The van der Waals surface area contributed by atoms with E-state index in [2.05, 4.69) is 20.9 Å². The molecule has 12 heteroatoms. The number of methoxy groups -OCH3 is 1. The lowest BCUT2D eigenvalue weighted by atomic mass is 9.95. The van der Waals surface area contributed by atoms with Crippen LogP contribution < -0.4 is 25.2 Å². The number of hydrogen-bond acceptors (Lipinski definition) is 9. The van der Waals surface area contributed by atoms with Gasteiger partial charge in [0, 0.05) is 53.0 Å². The number of hydrogen-bond donors (Lipinski definition) is 3. The minimum Gasteiger partial charge on any atom is -0.496 e. The molecule has 1 saturated heterocycles. The lowest BCUT2D eigenvalue weighted by molar-refractivity contribution is -0.122. The summed E-state index contributed by atoms with van der Waals surface area (Å²) in [4.78, 5) is 26.5. The normalized spacial score (nSPS) is 18.6. The predicted octanol–water partition coefficient (Wildman–Crippen LogP) is 2.21. The molecule has 0 aliphatic carbocycles. The molecule has 1 unspecified atom stereocenters. The summed E-state index contributed by atoms with van der Waals surface area (Å²) in [5.41, 5.74) is 8.59. The van der Waals surface area contributed by atoms with E-state index < -0.39 is 6.04 Å². The molecule has 1 aromatic carbocycles.